The Morgan fingerprint density at radius 3 is 2.42 bits per heavy atom. The Balaban J connectivity index is 2.06. The summed E-state index contributed by atoms with van der Waals surface area (Å²) in [6.07, 6.45) is 0. The molecule has 0 bridgehead atoms. The average molecular weight is 301 g/mol. The molecule has 1 aliphatic heterocycles. The van der Waals surface area contributed by atoms with Crippen LogP contribution in [0.4, 0.5) is 0 Å². The van der Waals surface area contributed by atoms with Gasteiger partial charge < -0.3 is 10.6 Å². The van der Waals surface area contributed by atoms with E-state index in [9.17, 15) is 4.79 Å². The van der Waals surface area contributed by atoms with Gasteiger partial charge in [0.25, 0.3) is 0 Å². The van der Waals surface area contributed by atoms with Gasteiger partial charge in [-0.25, -0.2) is 0 Å². The first kappa shape index (κ1) is 14.6. The number of rotatable bonds is 4. The number of hydrogen-bond donors (Lipinski definition) is 2. The van der Waals surface area contributed by atoms with Crippen molar-refractivity contribution in [2.24, 2.45) is 5.92 Å². The summed E-state index contributed by atoms with van der Waals surface area (Å²) in [6.45, 7) is 6.10. The largest absolute Gasteiger partial charge is 0.355 e. The third kappa shape index (κ3) is 3.22. The van der Waals surface area contributed by atoms with Crippen LogP contribution in [0.25, 0.3) is 0 Å². The van der Waals surface area contributed by atoms with Crippen LogP contribution in [0, 0.1) is 5.92 Å². The minimum absolute atomic E-state index is 0.0926. The molecular formula is C14H18Cl2N2O. The van der Waals surface area contributed by atoms with Gasteiger partial charge in [-0.15, -0.1) is 0 Å². The summed E-state index contributed by atoms with van der Waals surface area (Å²) >= 11 is 12.4. The maximum atomic E-state index is 11.9. The van der Waals surface area contributed by atoms with Crippen molar-refractivity contribution in [3.63, 3.8) is 0 Å². The van der Waals surface area contributed by atoms with Crippen LogP contribution in [0.1, 0.15) is 19.4 Å². The molecule has 0 aliphatic carbocycles. The van der Waals surface area contributed by atoms with E-state index in [1.54, 1.807) is 0 Å². The fourth-order valence-corrected chi connectivity index (χ4v) is 3.07. The molecule has 1 saturated heterocycles. The molecular weight excluding hydrogens is 283 g/mol. The summed E-state index contributed by atoms with van der Waals surface area (Å²) in [7, 11) is 0. The number of nitrogens with one attached hydrogen (secondary N) is 2. The minimum atomic E-state index is -0.303. The first-order chi connectivity index (χ1) is 8.92. The Kier molecular flexibility index (Phi) is 4.39. The summed E-state index contributed by atoms with van der Waals surface area (Å²) in [5, 5.41) is 7.34. The molecule has 1 aromatic rings. The van der Waals surface area contributed by atoms with E-state index < -0.39 is 0 Å². The van der Waals surface area contributed by atoms with Crippen LogP contribution in [0.2, 0.25) is 10.0 Å². The molecule has 0 atom stereocenters. The molecule has 0 saturated carbocycles. The SMILES string of the molecule is CC(C)(CNC(=O)C1CNC1)c1c(Cl)cccc1Cl. The minimum Gasteiger partial charge on any atom is -0.355 e. The van der Waals surface area contributed by atoms with Gasteiger partial charge in [-0.2, -0.15) is 0 Å². The first-order valence-corrected chi connectivity index (χ1v) is 7.10. The molecule has 1 heterocycles. The van der Waals surface area contributed by atoms with Gasteiger partial charge >= 0.3 is 0 Å². The monoisotopic (exact) mass is 300 g/mol. The van der Waals surface area contributed by atoms with Gasteiger partial charge in [-0.05, 0) is 17.7 Å². The van der Waals surface area contributed by atoms with Crippen LogP contribution in [0.3, 0.4) is 0 Å². The molecule has 3 nitrogen and oxygen atoms in total. The Hall–Kier alpha value is -0.770. The zero-order valence-electron chi connectivity index (χ0n) is 11.1. The highest BCUT2D eigenvalue weighted by Crippen LogP contribution is 2.35. The maximum absolute atomic E-state index is 11.9. The van der Waals surface area contributed by atoms with E-state index in [1.165, 1.54) is 0 Å². The second-order valence-electron chi connectivity index (χ2n) is 5.55. The van der Waals surface area contributed by atoms with E-state index in [-0.39, 0.29) is 17.2 Å². The fraction of sp³-hybridized carbons (Fsp3) is 0.500. The summed E-state index contributed by atoms with van der Waals surface area (Å²) < 4.78 is 0. The van der Waals surface area contributed by atoms with Crippen LogP contribution in [0.5, 0.6) is 0 Å². The van der Waals surface area contributed by atoms with Crippen molar-refractivity contribution in [3.05, 3.63) is 33.8 Å². The predicted octanol–water partition coefficient (Wildman–Crippen LogP) is 2.61. The molecule has 2 rings (SSSR count). The van der Waals surface area contributed by atoms with Crippen LogP contribution in [-0.2, 0) is 10.2 Å². The molecule has 1 amide bonds. The number of carbonyl (C=O) groups excluding carboxylic acids is 1. The Morgan fingerprint density at radius 2 is 1.95 bits per heavy atom. The number of carbonyl (C=O) groups is 1. The third-order valence-electron chi connectivity index (χ3n) is 3.50. The standard InChI is InChI=1S/C14H18Cl2N2O/c1-14(2,8-18-13(19)9-6-17-7-9)12-10(15)4-3-5-11(12)16/h3-5,9,17H,6-8H2,1-2H3,(H,18,19). The molecule has 0 aromatic heterocycles. The smallest absolute Gasteiger partial charge is 0.225 e. The normalized spacial score (nSPS) is 16.0. The third-order valence-corrected chi connectivity index (χ3v) is 4.13. The Bertz CT molecular complexity index is 464. The molecule has 2 N–H and O–H groups in total. The van der Waals surface area contributed by atoms with Gasteiger partial charge in [0.2, 0.25) is 5.91 Å². The van der Waals surface area contributed by atoms with E-state index in [4.69, 9.17) is 23.2 Å². The second kappa shape index (κ2) is 5.70. The van der Waals surface area contributed by atoms with Crippen molar-refractivity contribution in [2.75, 3.05) is 19.6 Å². The molecule has 0 radical (unpaired) electrons. The summed E-state index contributed by atoms with van der Waals surface area (Å²) in [4.78, 5) is 11.9. The molecule has 104 valence electrons. The Morgan fingerprint density at radius 1 is 1.37 bits per heavy atom. The number of hydrogen-bond acceptors (Lipinski definition) is 2. The molecule has 19 heavy (non-hydrogen) atoms. The van der Waals surface area contributed by atoms with Crippen molar-refractivity contribution in [1.82, 2.24) is 10.6 Å². The number of benzene rings is 1. The fourth-order valence-electron chi connectivity index (χ4n) is 2.16. The summed E-state index contributed by atoms with van der Waals surface area (Å²) in [6, 6.07) is 5.47. The summed E-state index contributed by atoms with van der Waals surface area (Å²) in [5.41, 5.74) is 0.577. The topological polar surface area (TPSA) is 41.1 Å². The summed E-state index contributed by atoms with van der Waals surface area (Å²) in [5.74, 6) is 0.188. The van der Waals surface area contributed by atoms with Crippen LogP contribution < -0.4 is 10.6 Å². The highest BCUT2D eigenvalue weighted by molar-refractivity contribution is 6.36. The van der Waals surface area contributed by atoms with Crippen molar-refractivity contribution in [2.45, 2.75) is 19.3 Å². The van der Waals surface area contributed by atoms with Crippen molar-refractivity contribution in [3.8, 4) is 0 Å². The molecule has 0 unspecified atom stereocenters. The number of amides is 1. The van der Waals surface area contributed by atoms with Gasteiger partial charge in [0.05, 0.1) is 5.92 Å². The number of halogens is 2. The zero-order valence-corrected chi connectivity index (χ0v) is 12.6. The van der Waals surface area contributed by atoms with Crippen LogP contribution >= 0.6 is 23.2 Å². The highest BCUT2D eigenvalue weighted by Gasteiger charge is 2.29. The van der Waals surface area contributed by atoms with Gasteiger partial charge in [-0.1, -0.05) is 43.1 Å². The van der Waals surface area contributed by atoms with Crippen molar-refractivity contribution >= 4 is 29.1 Å². The van der Waals surface area contributed by atoms with Crippen molar-refractivity contribution < 1.29 is 4.79 Å². The zero-order chi connectivity index (χ0) is 14.0. The lowest BCUT2D eigenvalue weighted by atomic mass is 9.84. The van der Waals surface area contributed by atoms with E-state index >= 15 is 0 Å². The maximum Gasteiger partial charge on any atom is 0.225 e. The predicted molar refractivity (Wildman–Crippen MR) is 78.9 cm³/mol. The van der Waals surface area contributed by atoms with E-state index in [1.807, 2.05) is 32.0 Å². The second-order valence-corrected chi connectivity index (χ2v) is 6.37. The average Bonchev–Trinajstić information content (AvgIpc) is 2.23. The molecule has 1 aromatic carbocycles. The van der Waals surface area contributed by atoms with Crippen LogP contribution in [0.15, 0.2) is 18.2 Å². The van der Waals surface area contributed by atoms with Gasteiger partial charge in [0.1, 0.15) is 0 Å². The van der Waals surface area contributed by atoms with E-state index in [0.717, 1.165) is 18.7 Å². The molecule has 1 fully saturated rings. The van der Waals surface area contributed by atoms with Crippen molar-refractivity contribution in [1.29, 1.82) is 0 Å². The molecule has 1 aliphatic rings. The Labute approximate surface area is 123 Å². The van der Waals surface area contributed by atoms with E-state index in [0.29, 0.717) is 16.6 Å². The lowest BCUT2D eigenvalue weighted by molar-refractivity contribution is -0.126. The quantitative estimate of drug-likeness (QED) is 0.897. The van der Waals surface area contributed by atoms with E-state index in [2.05, 4.69) is 10.6 Å². The lowest BCUT2D eigenvalue weighted by Crippen LogP contribution is -2.52. The van der Waals surface area contributed by atoms with Crippen LogP contribution in [-0.4, -0.2) is 25.5 Å². The van der Waals surface area contributed by atoms with Gasteiger partial charge in [0, 0.05) is 35.1 Å². The van der Waals surface area contributed by atoms with Gasteiger partial charge in [0.15, 0.2) is 0 Å². The lowest BCUT2D eigenvalue weighted by Gasteiger charge is -2.31. The van der Waals surface area contributed by atoms with Gasteiger partial charge in [-0.3, -0.25) is 4.79 Å². The first-order valence-electron chi connectivity index (χ1n) is 6.35. The highest BCUT2D eigenvalue weighted by atomic mass is 35.5. The molecule has 0 spiro atoms. The molecule has 5 heteroatoms.